The van der Waals surface area contributed by atoms with Gasteiger partial charge in [0.25, 0.3) is 0 Å². The van der Waals surface area contributed by atoms with Gasteiger partial charge in [-0.15, -0.1) is 0 Å². The third kappa shape index (κ3) is 25.3. The van der Waals surface area contributed by atoms with E-state index in [2.05, 4.69) is 46.8 Å². The molecule has 2 heteroatoms. The Kier molecular flexibility index (Phi) is 26.2. The third-order valence-corrected chi connectivity index (χ3v) is 7.97. The molecule has 0 bridgehead atoms. The van der Waals surface area contributed by atoms with Gasteiger partial charge in [0.1, 0.15) is 0 Å². The van der Waals surface area contributed by atoms with Gasteiger partial charge in [-0.05, 0) is 69.1 Å². The average Bonchev–Trinajstić information content (AvgIpc) is 2.85. The fourth-order valence-corrected chi connectivity index (χ4v) is 5.79. The number of hydrogen-bond acceptors (Lipinski definition) is 2. The molecule has 0 radical (unpaired) electrons. The lowest BCUT2D eigenvalue weighted by atomic mass is 9.84. The number of hydrogen-bond donors (Lipinski definition) is 0. The predicted molar refractivity (Wildman–Crippen MR) is 165 cm³/mol. The highest BCUT2D eigenvalue weighted by Crippen LogP contribution is 2.27. The fourth-order valence-electron chi connectivity index (χ4n) is 5.79. The zero-order valence-electron chi connectivity index (χ0n) is 26.3. The van der Waals surface area contributed by atoms with Gasteiger partial charge in [0.15, 0.2) is 0 Å². The number of ether oxygens (including phenoxy) is 1. The highest BCUT2D eigenvalue weighted by Gasteiger charge is 2.20. The van der Waals surface area contributed by atoms with Crippen molar-refractivity contribution >= 4 is 5.97 Å². The summed E-state index contributed by atoms with van der Waals surface area (Å²) < 4.78 is 5.46. The van der Waals surface area contributed by atoms with Crippen molar-refractivity contribution in [1.29, 1.82) is 0 Å². The van der Waals surface area contributed by atoms with Crippen molar-refractivity contribution in [3.8, 4) is 0 Å². The monoisotopic (exact) mass is 521 g/mol. The van der Waals surface area contributed by atoms with Crippen LogP contribution in [0, 0.1) is 23.7 Å². The molecule has 0 aliphatic rings. The Hall–Kier alpha value is -0.790. The summed E-state index contributed by atoms with van der Waals surface area (Å²) in [6, 6.07) is 0. The van der Waals surface area contributed by atoms with Crippen molar-refractivity contribution < 1.29 is 9.53 Å². The van der Waals surface area contributed by atoms with E-state index in [1.54, 1.807) is 0 Å². The summed E-state index contributed by atoms with van der Waals surface area (Å²) in [6.45, 7) is 14.3. The molecule has 4 unspecified atom stereocenters. The van der Waals surface area contributed by atoms with E-state index in [0.717, 1.165) is 37.5 Å². The van der Waals surface area contributed by atoms with E-state index < -0.39 is 0 Å². The van der Waals surface area contributed by atoms with Crippen LogP contribution in [0.4, 0.5) is 0 Å². The van der Waals surface area contributed by atoms with E-state index >= 15 is 0 Å². The molecular formula is C35H68O2. The second-order valence-electron chi connectivity index (χ2n) is 12.5. The third-order valence-electron chi connectivity index (χ3n) is 7.97. The molecule has 0 aromatic rings. The molecule has 0 amide bonds. The minimum atomic E-state index is 0.00365. The maximum absolute atomic E-state index is 12.2. The van der Waals surface area contributed by atoms with Gasteiger partial charge in [-0.2, -0.15) is 0 Å². The lowest BCUT2D eigenvalue weighted by molar-refractivity contribution is -0.148. The number of carbonyl (C=O) groups is 1. The Bertz CT molecular complexity index is 511. The summed E-state index contributed by atoms with van der Waals surface area (Å²) >= 11 is 0. The first-order valence-electron chi connectivity index (χ1n) is 16.7. The number of rotatable bonds is 27. The lowest BCUT2D eigenvalue weighted by Gasteiger charge is -2.22. The van der Waals surface area contributed by atoms with E-state index in [0.29, 0.717) is 12.5 Å². The van der Waals surface area contributed by atoms with Gasteiger partial charge >= 0.3 is 5.97 Å². The van der Waals surface area contributed by atoms with Gasteiger partial charge in [-0.25, -0.2) is 0 Å². The molecule has 37 heavy (non-hydrogen) atoms. The summed E-state index contributed by atoms with van der Waals surface area (Å²) in [4.78, 5) is 12.2. The van der Waals surface area contributed by atoms with Crippen LogP contribution >= 0.6 is 0 Å². The quantitative estimate of drug-likeness (QED) is 0.0611. The van der Waals surface area contributed by atoms with Gasteiger partial charge in [0.2, 0.25) is 0 Å². The summed E-state index contributed by atoms with van der Waals surface area (Å²) in [6.07, 6.45) is 32.4. The van der Waals surface area contributed by atoms with Crippen LogP contribution in [0.1, 0.15) is 176 Å². The van der Waals surface area contributed by atoms with Crippen LogP contribution in [0.25, 0.3) is 0 Å². The van der Waals surface area contributed by atoms with Crippen LogP contribution in [0.5, 0.6) is 0 Å². The number of allylic oxidation sites excluding steroid dienone is 2. The van der Waals surface area contributed by atoms with Gasteiger partial charge in [-0.1, -0.05) is 137 Å². The molecule has 0 aromatic heterocycles. The Morgan fingerprint density at radius 1 is 0.568 bits per heavy atom. The van der Waals surface area contributed by atoms with Gasteiger partial charge in [0.05, 0.1) is 12.5 Å². The molecule has 2 nitrogen and oxygen atoms in total. The fraction of sp³-hybridized carbons (Fsp3) is 0.914. The van der Waals surface area contributed by atoms with Crippen LogP contribution in [0.2, 0.25) is 0 Å². The molecule has 0 rings (SSSR count). The zero-order chi connectivity index (χ0) is 27.6. The number of unbranched alkanes of at least 4 members (excludes halogenated alkanes) is 14. The minimum Gasteiger partial charge on any atom is -0.465 e. The molecule has 0 heterocycles. The van der Waals surface area contributed by atoms with Crippen LogP contribution in [-0.4, -0.2) is 12.6 Å². The SMILES string of the molecule is CCCCCCCC/C=C\CCCCCCCCC(C)CC(C)CC(C)CC(C)C(=O)OCCCCC. The van der Waals surface area contributed by atoms with Crippen molar-refractivity contribution in [2.45, 2.75) is 176 Å². The normalized spacial score (nSPS) is 15.1. The molecule has 220 valence electrons. The minimum absolute atomic E-state index is 0.00365. The summed E-state index contributed by atoms with van der Waals surface area (Å²) in [5.41, 5.74) is 0. The highest BCUT2D eigenvalue weighted by molar-refractivity contribution is 5.71. The zero-order valence-corrected chi connectivity index (χ0v) is 26.3. The Morgan fingerprint density at radius 2 is 1.03 bits per heavy atom. The summed E-state index contributed by atoms with van der Waals surface area (Å²) in [5.74, 6) is 2.18. The van der Waals surface area contributed by atoms with Crippen LogP contribution < -0.4 is 0 Å². The molecule has 0 saturated heterocycles. The molecule has 0 fully saturated rings. The van der Waals surface area contributed by atoms with Gasteiger partial charge < -0.3 is 4.74 Å². The maximum Gasteiger partial charge on any atom is 0.308 e. The first-order valence-corrected chi connectivity index (χ1v) is 16.7. The molecule has 0 spiro atoms. The predicted octanol–water partition coefficient (Wildman–Crippen LogP) is 11.9. The largest absolute Gasteiger partial charge is 0.465 e. The van der Waals surface area contributed by atoms with E-state index in [4.69, 9.17) is 4.74 Å². The van der Waals surface area contributed by atoms with Crippen molar-refractivity contribution in [1.82, 2.24) is 0 Å². The highest BCUT2D eigenvalue weighted by atomic mass is 16.5. The van der Waals surface area contributed by atoms with E-state index in [1.807, 2.05) is 6.92 Å². The van der Waals surface area contributed by atoms with Crippen molar-refractivity contribution in [2.24, 2.45) is 23.7 Å². The number of carbonyl (C=O) groups excluding carboxylic acids is 1. The molecule has 0 aromatic carbocycles. The van der Waals surface area contributed by atoms with Gasteiger partial charge in [0, 0.05) is 0 Å². The van der Waals surface area contributed by atoms with Crippen molar-refractivity contribution in [3.05, 3.63) is 12.2 Å². The Balaban J connectivity index is 3.63. The Labute approximate surface area is 234 Å². The van der Waals surface area contributed by atoms with Gasteiger partial charge in [-0.3, -0.25) is 4.79 Å². The smallest absolute Gasteiger partial charge is 0.308 e. The van der Waals surface area contributed by atoms with Crippen molar-refractivity contribution in [2.75, 3.05) is 6.61 Å². The summed E-state index contributed by atoms with van der Waals surface area (Å²) in [5, 5.41) is 0. The van der Waals surface area contributed by atoms with Crippen LogP contribution in [-0.2, 0) is 9.53 Å². The first kappa shape index (κ1) is 36.2. The molecule has 0 aliphatic heterocycles. The molecule has 0 aliphatic carbocycles. The molecule has 4 atom stereocenters. The lowest BCUT2D eigenvalue weighted by Crippen LogP contribution is -2.19. The van der Waals surface area contributed by atoms with Crippen molar-refractivity contribution in [3.63, 3.8) is 0 Å². The molecule has 0 N–H and O–H groups in total. The van der Waals surface area contributed by atoms with Crippen LogP contribution in [0.15, 0.2) is 12.2 Å². The molecule has 0 saturated carbocycles. The van der Waals surface area contributed by atoms with E-state index in [1.165, 1.54) is 109 Å². The summed E-state index contributed by atoms with van der Waals surface area (Å²) in [7, 11) is 0. The Morgan fingerprint density at radius 3 is 1.62 bits per heavy atom. The standard InChI is InChI=1S/C35H68O2/c1-7-9-11-12-13-14-15-16-17-18-19-20-21-22-23-24-26-31(3)28-32(4)29-33(5)30-34(6)35(36)37-27-25-10-8-2/h16-17,31-34H,7-15,18-30H2,1-6H3/b17-16-. The second kappa shape index (κ2) is 26.8. The average molecular weight is 521 g/mol. The van der Waals surface area contributed by atoms with Crippen LogP contribution in [0.3, 0.4) is 0 Å². The number of esters is 1. The first-order chi connectivity index (χ1) is 17.9. The van der Waals surface area contributed by atoms with E-state index in [-0.39, 0.29) is 11.9 Å². The second-order valence-corrected chi connectivity index (χ2v) is 12.5. The maximum atomic E-state index is 12.2. The molecular weight excluding hydrogens is 452 g/mol. The van der Waals surface area contributed by atoms with E-state index in [9.17, 15) is 4.79 Å². The topological polar surface area (TPSA) is 26.3 Å².